The van der Waals surface area contributed by atoms with Gasteiger partial charge >= 0.3 is 0 Å². The van der Waals surface area contributed by atoms with Crippen molar-refractivity contribution in [1.29, 1.82) is 0 Å². The van der Waals surface area contributed by atoms with E-state index in [-0.39, 0.29) is 0 Å². The lowest BCUT2D eigenvalue weighted by atomic mass is 10.3. The van der Waals surface area contributed by atoms with E-state index in [0.717, 1.165) is 36.1 Å². The molecule has 0 saturated carbocycles. The molecule has 0 N–H and O–H groups in total. The molecule has 1 aromatic heterocycles. The standard InChI is InChI=1S/C14H24ClNO2S2/c1-4-6-8-16(9-7-5-2)20(17,18)14-10-12(3)13(11-15)19-14/h10H,4-9,11H2,1-3H3. The second-order valence-corrected chi connectivity index (χ2v) is 8.49. The van der Waals surface area contributed by atoms with E-state index in [0.29, 0.717) is 23.2 Å². The largest absolute Gasteiger partial charge is 0.252 e. The second-order valence-electron chi connectivity index (χ2n) is 4.92. The first-order valence-electron chi connectivity index (χ1n) is 7.12. The monoisotopic (exact) mass is 337 g/mol. The van der Waals surface area contributed by atoms with Crippen LogP contribution in [-0.2, 0) is 15.9 Å². The highest BCUT2D eigenvalue weighted by molar-refractivity contribution is 7.91. The molecule has 0 saturated heterocycles. The minimum atomic E-state index is -3.36. The molecule has 0 fully saturated rings. The molecule has 6 heteroatoms. The summed E-state index contributed by atoms with van der Waals surface area (Å²) in [6.45, 7) is 7.27. The van der Waals surface area contributed by atoms with Crippen LogP contribution in [0, 0.1) is 6.92 Å². The molecule has 0 amide bonds. The van der Waals surface area contributed by atoms with Gasteiger partial charge in [-0.25, -0.2) is 8.42 Å². The first kappa shape index (κ1) is 18.0. The lowest BCUT2D eigenvalue weighted by Gasteiger charge is -2.20. The summed E-state index contributed by atoms with van der Waals surface area (Å²) in [7, 11) is -3.36. The lowest BCUT2D eigenvalue weighted by Crippen LogP contribution is -2.32. The Hall–Kier alpha value is -0.100. The van der Waals surface area contributed by atoms with Gasteiger partial charge in [0, 0.05) is 18.0 Å². The molecule has 20 heavy (non-hydrogen) atoms. The quantitative estimate of drug-likeness (QED) is 0.627. The zero-order valence-corrected chi connectivity index (χ0v) is 14.9. The molecular weight excluding hydrogens is 314 g/mol. The Balaban J connectivity index is 3.00. The van der Waals surface area contributed by atoms with Gasteiger partial charge in [-0.3, -0.25) is 0 Å². The van der Waals surface area contributed by atoms with Crippen LogP contribution in [0.1, 0.15) is 50.0 Å². The molecule has 3 nitrogen and oxygen atoms in total. The predicted molar refractivity (Wildman–Crippen MR) is 87.2 cm³/mol. The van der Waals surface area contributed by atoms with Crippen molar-refractivity contribution in [1.82, 2.24) is 4.31 Å². The van der Waals surface area contributed by atoms with Crippen LogP contribution >= 0.6 is 22.9 Å². The number of unbranched alkanes of at least 4 members (excludes halogenated alkanes) is 2. The first-order chi connectivity index (χ1) is 9.47. The average molecular weight is 338 g/mol. The van der Waals surface area contributed by atoms with Gasteiger partial charge in [0.05, 0.1) is 5.88 Å². The Morgan fingerprint density at radius 3 is 2.15 bits per heavy atom. The van der Waals surface area contributed by atoms with Crippen LogP contribution in [0.15, 0.2) is 10.3 Å². The molecule has 0 aromatic carbocycles. The van der Waals surface area contributed by atoms with Gasteiger partial charge in [-0.2, -0.15) is 4.31 Å². The maximum Gasteiger partial charge on any atom is 0.252 e. The van der Waals surface area contributed by atoms with Gasteiger partial charge in [0.1, 0.15) is 4.21 Å². The van der Waals surface area contributed by atoms with Gasteiger partial charge < -0.3 is 0 Å². The number of alkyl halides is 1. The summed E-state index contributed by atoms with van der Waals surface area (Å²) in [6, 6.07) is 1.75. The summed E-state index contributed by atoms with van der Waals surface area (Å²) in [4.78, 5) is 0.941. The maximum atomic E-state index is 12.7. The van der Waals surface area contributed by atoms with Gasteiger partial charge in [-0.1, -0.05) is 26.7 Å². The Labute approximate surface area is 132 Å². The summed E-state index contributed by atoms with van der Waals surface area (Å²) in [5, 5.41) is 0. The third-order valence-corrected chi connectivity index (χ3v) is 7.25. The Kier molecular flexibility index (Phi) is 7.51. The van der Waals surface area contributed by atoms with E-state index in [1.54, 1.807) is 10.4 Å². The van der Waals surface area contributed by atoms with Crippen molar-refractivity contribution < 1.29 is 8.42 Å². The maximum absolute atomic E-state index is 12.7. The number of nitrogens with zero attached hydrogens (tertiary/aromatic N) is 1. The molecule has 0 aliphatic heterocycles. The third-order valence-electron chi connectivity index (χ3n) is 3.24. The van der Waals surface area contributed by atoms with Crippen molar-refractivity contribution in [2.75, 3.05) is 13.1 Å². The van der Waals surface area contributed by atoms with E-state index in [1.807, 2.05) is 6.92 Å². The van der Waals surface area contributed by atoms with Gasteiger partial charge in [-0.05, 0) is 31.4 Å². The summed E-state index contributed by atoms with van der Waals surface area (Å²) < 4.78 is 27.5. The highest BCUT2D eigenvalue weighted by Crippen LogP contribution is 2.29. The molecule has 0 radical (unpaired) electrons. The molecule has 0 bridgehead atoms. The fourth-order valence-corrected chi connectivity index (χ4v) is 5.38. The van der Waals surface area contributed by atoms with Crippen molar-refractivity contribution in [2.24, 2.45) is 0 Å². The molecule has 0 aliphatic carbocycles. The first-order valence-corrected chi connectivity index (χ1v) is 9.91. The SMILES string of the molecule is CCCCN(CCCC)S(=O)(=O)c1cc(C)c(CCl)s1. The lowest BCUT2D eigenvalue weighted by molar-refractivity contribution is 0.396. The fraction of sp³-hybridized carbons (Fsp3) is 0.714. The van der Waals surface area contributed by atoms with Gasteiger partial charge in [0.15, 0.2) is 0 Å². The topological polar surface area (TPSA) is 37.4 Å². The van der Waals surface area contributed by atoms with Gasteiger partial charge in [0.25, 0.3) is 10.0 Å². The normalized spacial score (nSPS) is 12.2. The zero-order chi connectivity index (χ0) is 15.2. The Morgan fingerprint density at radius 1 is 1.20 bits per heavy atom. The van der Waals surface area contributed by atoms with Crippen LogP contribution in [0.3, 0.4) is 0 Å². The van der Waals surface area contributed by atoms with Crippen LogP contribution in [0.25, 0.3) is 0 Å². The van der Waals surface area contributed by atoms with Crippen LogP contribution in [0.5, 0.6) is 0 Å². The summed E-state index contributed by atoms with van der Waals surface area (Å²) in [6.07, 6.45) is 3.79. The number of thiophene rings is 1. The van der Waals surface area contributed by atoms with Crippen molar-refractivity contribution in [3.8, 4) is 0 Å². The minimum absolute atomic E-state index is 0.371. The number of rotatable bonds is 9. The van der Waals surface area contributed by atoms with E-state index in [9.17, 15) is 8.42 Å². The van der Waals surface area contributed by atoms with Gasteiger partial charge in [0.2, 0.25) is 0 Å². The molecule has 0 atom stereocenters. The number of aryl methyl sites for hydroxylation is 1. The van der Waals surface area contributed by atoms with E-state index < -0.39 is 10.0 Å². The van der Waals surface area contributed by atoms with Crippen LogP contribution in [0.4, 0.5) is 0 Å². The number of hydrogen-bond donors (Lipinski definition) is 0. The number of hydrogen-bond acceptors (Lipinski definition) is 3. The highest BCUT2D eigenvalue weighted by atomic mass is 35.5. The molecule has 1 aromatic rings. The molecule has 0 unspecified atom stereocenters. The number of halogens is 1. The molecule has 116 valence electrons. The van der Waals surface area contributed by atoms with Crippen LogP contribution in [-0.4, -0.2) is 25.8 Å². The van der Waals surface area contributed by atoms with E-state index in [2.05, 4.69) is 13.8 Å². The van der Waals surface area contributed by atoms with Crippen molar-refractivity contribution >= 4 is 33.0 Å². The second kappa shape index (κ2) is 8.37. The average Bonchev–Trinajstić information content (AvgIpc) is 2.80. The Morgan fingerprint density at radius 2 is 1.75 bits per heavy atom. The summed E-state index contributed by atoms with van der Waals surface area (Å²) >= 11 is 7.14. The Bertz CT molecular complexity index is 503. The van der Waals surface area contributed by atoms with Crippen molar-refractivity contribution in [3.05, 3.63) is 16.5 Å². The summed E-state index contributed by atoms with van der Waals surface area (Å²) in [5.74, 6) is 0.371. The molecule has 0 aliphatic rings. The third kappa shape index (κ3) is 4.45. The van der Waals surface area contributed by atoms with E-state index in [4.69, 9.17) is 11.6 Å². The van der Waals surface area contributed by atoms with Crippen molar-refractivity contribution in [2.45, 2.75) is 56.5 Å². The molecule has 0 spiro atoms. The molecular formula is C14H24ClNO2S2. The van der Waals surface area contributed by atoms with Crippen LogP contribution < -0.4 is 0 Å². The zero-order valence-electron chi connectivity index (χ0n) is 12.5. The highest BCUT2D eigenvalue weighted by Gasteiger charge is 2.26. The molecule has 1 rings (SSSR count). The number of sulfonamides is 1. The predicted octanol–water partition coefficient (Wildman–Crippen LogP) is 4.39. The van der Waals surface area contributed by atoms with E-state index in [1.165, 1.54) is 11.3 Å². The fourth-order valence-electron chi connectivity index (χ4n) is 1.90. The minimum Gasteiger partial charge on any atom is -0.206 e. The van der Waals surface area contributed by atoms with Gasteiger partial charge in [-0.15, -0.1) is 22.9 Å². The molecule has 1 heterocycles. The summed E-state index contributed by atoms with van der Waals surface area (Å²) in [5.41, 5.74) is 0.967. The van der Waals surface area contributed by atoms with E-state index >= 15 is 0 Å². The van der Waals surface area contributed by atoms with Crippen molar-refractivity contribution in [3.63, 3.8) is 0 Å². The smallest absolute Gasteiger partial charge is 0.206 e. The van der Waals surface area contributed by atoms with Crippen LogP contribution in [0.2, 0.25) is 0 Å².